The van der Waals surface area contributed by atoms with Crippen molar-refractivity contribution in [3.8, 4) is 0 Å². The van der Waals surface area contributed by atoms with E-state index in [1.54, 1.807) is 12.1 Å². The van der Waals surface area contributed by atoms with Crippen molar-refractivity contribution in [2.45, 2.75) is 24.7 Å². The van der Waals surface area contributed by atoms with Gasteiger partial charge in [0.25, 0.3) is 5.69 Å². The normalized spacial score (nSPS) is 10.9. The first-order valence-corrected chi connectivity index (χ1v) is 11.6. The topological polar surface area (TPSA) is 101 Å². The van der Waals surface area contributed by atoms with Crippen LogP contribution in [0.5, 0.6) is 0 Å². The van der Waals surface area contributed by atoms with Crippen molar-refractivity contribution in [1.82, 2.24) is 10.2 Å². The molecular weight excluding hydrogens is 453 g/mol. The molecule has 3 aromatic rings. The molecule has 32 heavy (non-hydrogen) atoms. The molecule has 0 aliphatic carbocycles. The van der Waals surface area contributed by atoms with E-state index in [4.69, 9.17) is 0 Å². The van der Waals surface area contributed by atoms with E-state index in [-0.39, 0.29) is 23.9 Å². The molecule has 1 amide bonds. The van der Waals surface area contributed by atoms with Gasteiger partial charge in [-0.15, -0.1) is 10.2 Å². The Morgan fingerprint density at radius 3 is 2.69 bits per heavy atom. The van der Waals surface area contributed by atoms with Crippen LogP contribution in [0.1, 0.15) is 19.4 Å². The predicted octanol–water partition coefficient (Wildman–Crippen LogP) is 4.98. The molecule has 168 valence electrons. The van der Waals surface area contributed by atoms with Crippen molar-refractivity contribution in [2.24, 2.45) is 5.92 Å². The Labute approximate surface area is 193 Å². The van der Waals surface area contributed by atoms with Gasteiger partial charge in [0.15, 0.2) is 4.34 Å². The minimum Gasteiger partial charge on any atom is -0.360 e. The molecule has 0 spiro atoms. The lowest BCUT2D eigenvalue weighted by Crippen LogP contribution is -2.32. The molecule has 0 fully saturated rings. The van der Waals surface area contributed by atoms with Crippen LogP contribution < -0.4 is 10.2 Å². The lowest BCUT2D eigenvalue weighted by Gasteiger charge is -2.23. The molecule has 3 rings (SSSR count). The molecule has 0 unspecified atom stereocenters. The van der Waals surface area contributed by atoms with Gasteiger partial charge in [-0.3, -0.25) is 14.9 Å². The Bertz CT molecular complexity index is 1080. The molecule has 0 aliphatic heterocycles. The Kier molecular flexibility index (Phi) is 8.12. The van der Waals surface area contributed by atoms with Crippen molar-refractivity contribution >= 4 is 45.5 Å². The van der Waals surface area contributed by atoms with Gasteiger partial charge in [-0.1, -0.05) is 49.1 Å². The first-order valence-electron chi connectivity index (χ1n) is 9.81. The average molecular weight is 476 g/mol. The third-order valence-electron chi connectivity index (χ3n) is 4.29. The maximum Gasteiger partial charge on any atom is 0.269 e. The first kappa shape index (κ1) is 23.6. The number of nitrogens with zero attached hydrogens (tertiary/aromatic N) is 4. The minimum absolute atomic E-state index is 0.0568. The molecule has 1 aromatic heterocycles. The van der Waals surface area contributed by atoms with Crippen LogP contribution >= 0.6 is 23.1 Å². The molecule has 8 nitrogen and oxygen atoms in total. The summed E-state index contributed by atoms with van der Waals surface area (Å²) in [5.74, 6) is -0.0960. The fourth-order valence-corrected chi connectivity index (χ4v) is 4.36. The summed E-state index contributed by atoms with van der Waals surface area (Å²) in [6.07, 6.45) is 0. The fourth-order valence-electron chi connectivity index (χ4n) is 2.73. The van der Waals surface area contributed by atoms with E-state index < -0.39 is 10.7 Å². The number of nitro groups is 1. The number of benzene rings is 2. The largest absolute Gasteiger partial charge is 0.360 e. The van der Waals surface area contributed by atoms with Gasteiger partial charge in [-0.05, 0) is 35.7 Å². The summed E-state index contributed by atoms with van der Waals surface area (Å²) in [4.78, 5) is 25.1. The van der Waals surface area contributed by atoms with E-state index in [0.717, 1.165) is 6.54 Å². The molecule has 1 N–H and O–H groups in total. The van der Waals surface area contributed by atoms with E-state index in [2.05, 4.69) is 29.4 Å². The molecule has 0 atom stereocenters. The maximum atomic E-state index is 13.4. The number of nitrogens with one attached hydrogen (secondary N) is 1. The molecule has 11 heteroatoms. The Hall–Kier alpha value is -3.05. The van der Waals surface area contributed by atoms with Gasteiger partial charge in [0.05, 0.1) is 17.2 Å². The molecule has 2 aromatic carbocycles. The zero-order chi connectivity index (χ0) is 23.1. The third-order valence-corrected chi connectivity index (χ3v) is 6.29. The van der Waals surface area contributed by atoms with Crippen molar-refractivity contribution in [3.63, 3.8) is 0 Å². The van der Waals surface area contributed by atoms with E-state index in [0.29, 0.717) is 26.6 Å². The molecule has 1 heterocycles. The zero-order valence-corrected chi connectivity index (χ0v) is 19.2. The Morgan fingerprint density at radius 2 is 2.00 bits per heavy atom. The van der Waals surface area contributed by atoms with Gasteiger partial charge in [0.2, 0.25) is 11.0 Å². The highest BCUT2D eigenvalue weighted by Crippen LogP contribution is 2.27. The number of carbonyl (C=O) groups is 1. The minimum atomic E-state index is -0.482. The molecule has 0 saturated carbocycles. The molecule has 0 aliphatic rings. The van der Waals surface area contributed by atoms with Crippen molar-refractivity contribution in [2.75, 3.05) is 22.5 Å². The van der Waals surface area contributed by atoms with Gasteiger partial charge in [0, 0.05) is 24.4 Å². The van der Waals surface area contributed by atoms with E-state index >= 15 is 0 Å². The summed E-state index contributed by atoms with van der Waals surface area (Å²) < 4.78 is 14.1. The quantitative estimate of drug-likeness (QED) is 0.251. The van der Waals surface area contributed by atoms with Crippen LogP contribution in [-0.2, 0) is 11.3 Å². The molecule has 0 radical (unpaired) electrons. The summed E-state index contributed by atoms with van der Waals surface area (Å²) in [5.41, 5.74) is 1.04. The standard InChI is InChI=1S/C21H22FN5O3S2/c1-14(2)11-23-20-24-25-21(32-20)31-13-19(28)26(17-8-6-16(22)7-9-17)12-15-4-3-5-18(10-15)27(29)30/h3-10,14H,11-13H2,1-2H3,(H,23,24). The number of rotatable bonds is 10. The van der Waals surface area contributed by atoms with E-state index in [9.17, 15) is 19.3 Å². The summed E-state index contributed by atoms with van der Waals surface area (Å²) in [6.45, 7) is 5.07. The average Bonchev–Trinajstić information content (AvgIpc) is 3.23. The Balaban J connectivity index is 1.73. The van der Waals surface area contributed by atoms with E-state index in [1.807, 2.05) is 0 Å². The van der Waals surface area contributed by atoms with Crippen LogP contribution in [0.3, 0.4) is 0 Å². The highest BCUT2D eigenvalue weighted by molar-refractivity contribution is 8.01. The number of nitro benzene ring substituents is 1. The highest BCUT2D eigenvalue weighted by Gasteiger charge is 2.19. The summed E-state index contributed by atoms with van der Waals surface area (Å²) >= 11 is 2.63. The number of halogens is 1. The lowest BCUT2D eigenvalue weighted by molar-refractivity contribution is -0.384. The second-order valence-corrected chi connectivity index (χ2v) is 9.52. The summed E-state index contributed by atoms with van der Waals surface area (Å²) in [6, 6.07) is 11.7. The van der Waals surface area contributed by atoms with Crippen LogP contribution in [0.2, 0.25) is 0 Å². The van der Waals surface area contributed by atoms with Crippen LogP contribution in [-0.4, -0.2) is 33.3 Å². The molecule has 0 bridgehead atoms. The number of aromatic nitrogens is 2. The number of hydrogen-bond acceptors (Lipinski definition) is 8. The maximum absolute atomic E-state index is 13.4. The van der Waals surface area contributed by atoms with Crippen LogP contribution in [0.15, 0.2) is 52.9 Å². The van der Waals surface area contributed by atoms with Crippen molar-refractivity contribution < 1.29 is 14.1 Å². The fraction of sp³-hybridized carbons (Fsp3) is 0.286. The number of anilines is 2. The first-order chi connectivity index (χ1) is 15.3. The van der Waals surface area contributed by atoms with Crippen molar-refractivity contribution in [3.05, 3.63) is 70.0 Å². The van der Waals surface area contributed by atoms with Gasteiger partial charge in [-0.2, -0.15) is 0 Å². The monoisotopic (exact) mass is 475 g/mol. The van der Waals surface area contributed by atoms with Gasteiger partial charge in [-0.25, -0.2) is 4.39 Å². The molecular formula is C21H22FN5O3S2. The SMILES string of the molecule is CC(C)CNc1nnc(SCC(=O)N(Cc2cccc([N+](=O)[O-])c2)c2ccc(F)cc2)s1. The lowest BCUT2D eigenvalue weighted by atomic mass is 10.1. The van der Waals surface area contributed by atoms with Crippen molar-refractivity contribution in [1.29, 1.82) is 0 Å². The number of amides is 1. The summed E-state index contributed by atoms with van der Waals surface area (Å²) in [7, 11) is 0. The van der Waals surface area contributed by atoms with Gasteiger partial charge in [0.1, 0.15) is 5.82 Å². The number of carbonyl (C=O) groups excluding carboxylic acids is 1. The predicted molar refractivity (Wildman–Crippen MR) is 125 cm³/mol. The molecule has 0 saturated heterocycles. The second-order valence-electron chi connectivity index (χ2n) is 7.32. The van der Waals surface area contributed by atoms with Gasteiger partial charge >= 0.3 is 0 Å². The Morgan fingerprint density at radius 1 is 1.25 bits per heavy atom. The third kappa shape index (κ3) is 6.72. The van der Waals surface area contributed by atoms with Crippen LogP contribution in [0.25, 0.3) is 0 Å². The van der Waals surface area contributed by atoms with Crippen LogP contribution in [0.4, 0.5) is 20.9 Å². The van der Waals surface area contributed by atoms with Crippen LogP contribution in [0, 0.1) is 21.8 Å². The van der Waals surface area contributed by atoms with Gasteiger partial charge < -0.3 is 10.2 Å². The second kappa shape index (κ2) is 11.0. The number of non-ortho nitro benzene ring substituents is 1. The van der Waals surface area contributed by atoms with E-state index in [1.165, 1.54) is 64.4 Å². The highest BCUT2D eigenvalue weighted by atomic mass is 32.2. The number of hydrogen-bond donors (Lipinski definition) is 1. The number of thioether (sulfide) groups is 1. The summed E-state index contributed by atoms with van der Waals surface area (Å²) in [5, 5.41) is 23.2. The zero-order valence-electron chi connectivity index (χ0n) is 17.5. The smallest absolute Gasteiger partial charge is 0.269 e.